The molecule has 0 amide bonds. The number of hydrogen-bond donors (Lipinski definition) is 1. The second-order valence-electron chi connectivity index (χ2n) is 4.59. The molecule has 1 aliphatic carbocycles. The zero-order valence-corrected chi connectivity index (χ0v) is 8.49. The van der Waals surface area contributed by atoms with Crippen LogP contribution >= 0.6 is 0 Å². The third kappa shape index (κ3) is 1.18. The molecule has 0 aromatic carbocycles. The first kappa shape index (κ1) is 8.75. The summed E-state index contributed by atoms with van der Waals surface area (Å²) in [5, 5.41) is 4.19. The third-order valence-corrected chi connectivity index (χ3v) is 3.39. The first-order valence-electron chi connectivity index (χ1n) is 4.76. The van der Waals surface area contributed by atoms with Gasteiger partial charge in [0.1, 0.15) is 0 Å². The zero-order chi connectivity index (χ0) is 9.64. The molecular weight excluding hydrogens is 162 g/mol. The van der Waals surface area contributed by atoms with E-state index in [0.717, 1.165) is 6.54 Å². The summed E-state index contributed by atoms with van der Waals surface area (Å²) in [5.41, 5.74) is 7.43. The molecule has 3 nitrogen and oxygen atoms in total. The highest BCUT2D eigenvalue weighted by Crippen LogP contribution is 2.63. The van der Waals surface area contributed by atoms with Crippen molar-refractivity contribution in [2.45, 2.75) is 19.8 Å². The van der Waals surface area contributed by atoms with Crippen molar-refractivity contribution in [2.24, 2.45) is 24.1 Å². The Morgan fingerprint density at radius 3 is 2.69 bits per heavy atom. The number of nitrogens with zero attached hydrogens (tertiary/aromatic N) is 2. The smallest absolute Gasteiger partial charge is 0.0524 e. The lowest BCUT2D eigenvalue weighted by atomic mass is 10.1. The molecule has 72 valence electrons. The Kier molecular flexibility index (Phi) is 1.74. The Hall–Kier alpha value is -0.830. The van der Waals surface area contributed by atoms with E-state index >= 15 is 0 Å². The predicted molar refractivity (Wildman–Crippen MR) is 52.3 cm³/mol. The van der Waals surface area contributed by atoms with Gasteiger partial charge in [-0.25, -0.2) is 0 Å². The number of aromatic nitrogens is 2. The van der Waals surface area contributed by atoms with Crippen molar-refractivity contribution in [1.82, 2.24) is 9.78 Å². The average Bonchev–Trinajstić information content (AvgIpc) is 2.41. The van der Waals surface area contributed by atoms with Crippen LogP contribution in [0.1, 0.15) is 25.3 Å². The maximum atomic E-state index is 5.72. The van der Waals surface area contributed by atoms with Gasteiger partial charge in [-0.2, -0.15) is 5.10 Å². The van der Waals surface area contributed by atoms with E-state index in [0.29, 0.717) is 17.3 Å². The fourth-order valence-electron chi connectivity index (χ4n) is 2.45. The molecule has 2 N–H and O–H groups in total. The van der Waals surface area contributed by atoms with Crippen molar-refractivity contribution in [3.05, 3.63) is 18.0 Å². The van der Waals surface area contributed by atoms with E-state index < -0.39 is 0 Å². The maximum Gasteiger partial charge on any atom is 0.0524 e. The van der Waals surface area contributed by atoms with Crippen molar-refractivity contribution in [3.63, 3.8) is 0 Å². The predicted octanol–water partition coefficient (Wildman–Crippen LogP) is 1.12. The van der Waals surface area contributed by atoms with Gasteiger partial charge < -0.3 is 5.73 Å². The summed E-state index contributed by atoms with van der Waals surface area (Å²) in [7, 11) is 1.95. The Bertz CT molecular complexity index is 314. The Labute approximate surface area is 78.9 Å². The molecule has 1 aromatic rings. The Balaban J connectivity index is 2.21. The summed E-state index contributed by atoms with van der Waals surface area (Å²) < 4.78 is 1.86. The second kappa shape index (κ2) is 2.58. The van der Waals surface area contributed by atoms with Crippen molar-refractivity contribution in [1.29, 1.82) is 0 Å². The fraction of sp³-hybridized carbons (Fsp3) is 0.700. The SMILES string of the molecule is Cn1cc(C2C(CN)C2(C)C)cn1. The van der Waals surface area contributed by atoms with Crippen molar-refractivity contribution in [3.8, 4) is 0 Å². The van der Waals surface area contributed by atoms with Crippen LogP contribution in [0.15, 0.2) is 12.4 Å². The number of rotatable bonds is 2. The molecule has 1 saturated carbocycles. The minimum Gasteiger partial charge on any atom is -0.330 e. The number of nitrogens with two attached hydrogens (primary N) is 1. The molecule has 0 aliphatic heterocycles. The van der Waals surface area contributed by atoms with Gasteiger partial charge in [0.05, 0.1) is 6.20 Å². The standard InChI is InChI=1S/C10H17N3/c1-10(2)8(4-11)9(10)7-5-12-13(3)6-7/h5-6,8-9H,4,11H2,1-3H3. The van der Waals surface area contributed by atoms with Crippen LogP contribution in [0.2, 0.25) is 0 Å². The molecule has 2 rings (SSSR count). The molecule has 0 saturated heterocycles. The first-order valence-corrected chi connectivity index (χ1v) is 4.76. The van der Waals surface area contributed by atoms with Crippen LogP contribution < -0.4 is 5.73 Å². The van der Waals surface area contributed by atoms with Crippen molar-refractivity contribution < 1.29 is 0 Å². The van der Waals surface area contributed by atoms with Gasteiger partial charge in [0.25, 0.3) is 0 Å². The zero-order valence-electron chi connectivity index (χ0n) is 8.49. The Morgan fingerprint density at radius 2 is 2.31 bits per heavy atom. The van der Waals surface area contributed by atoms with E-state index in [2.05, 4.69) is 25.1 Å². The van der Waals surface area contributed by atoms with Crippen LogP contribution in [0.25, 0.3) is 0 Å². The van der Waals surface area contributed by atoms with Crippen molar-refractivity contribution >= 4 is 0 Å². The fourth-order valence-corrected chi connectivity index (χ4v) is 2.45. The molecule has 1 fully saturated rings. The lowest BCUT2D eigenvalue weighted by molar-refractivity contribution is 0.558. The van der Waals surface area contributed by atoms with Gasteiger partial charge >= 0.3 is 0 Å². The molecule has 3 heteroatoms. The molecule has 2 atom stereocenters. The normalized spacial score (nSPS) is 30.5. The van der Waals surface area contributed by atoms with Gasteiger partial charge in [0, 0.05) is 13.2 Å². The molecule has 2 unspecified atom stereocenters. The van der Waals surface area contributed by atoms with Gasteiger partial charge in [-0.3, -0.25) is 4.68 Å². The summed E-state index contributed by atoms with van der Waals surface area (Å²) in [4.78, 5) is 0. The van der Waals surface area contributed by atoms with Crippen molar-refractivity contribution in [2.75, 3.05) is 6.54 Å². The van der Waals surface area contributed by atoms with E-state index in [1.54, 1.807) is 0 Å². The molecule has 1 aromatic heterocycles. The number of aryl methyl sites for hydroxylation is 1. The highest BCUT2D eigenvalue weighted by Gasteiger charge is 2.57. The van der Waals surface area contributed by atoms with Crippen LogP contribution in [0.3, 0.4) is 0 Å². The van der Waals surface area contributed by atoms with Gasteiger partial charge in [0.15, 0.2) is 0 Å². The lowest BCUT2D eigenvalue weighted by Gasteiger charge is -1.98. The minimum absolute atomic E-state index is 0.373. The minimum atomic E-state index is 0.373. The second-order valence-corrected chi connectivity index (χ2v) is 4.59. The maximum absolute atomic E-state index is 5.72. The van der Waals surface area contributed by atoms with E-state index in [4.69, 9.17) is 5.73 Å². The van der Waals surface area contributed by atoms with E-state index in [1.807, 2.05) is 17.9 Å². The van der Waals surface area contributed by atoms with Gasteiger partial charge in [-0.15, -0.1) is 0 Å². The molecule has 1 heterocycles. The topological polar surface area (TPSA) is 43.8 Å². The average molecular weight is 179 g/mol. The summed E-state index contributed by atoms with van der Waals surface area (Å²) in [5.74, 6) is 1.25. The summed E-state index contributed by atoms with van der Waals surface area (Å²) >= 11 is 0. The summed E-state index contributed by atoms with van der Waals surface area (Å²) in [6.45, 7) is 5.34. The Morgan fingerprint density at radius 1 is 1.62 bits per heavy atom. The number of hydrogen-bond acceptors (Lipinski definition) is 2. The van der Waals surface area contributed by atoms with Crippen LogP contribution in [0.4, 0.5) is 0 Å². The van der Waals surface area contributed by atoms with Crippen LogP contribution in [0, 0.1) is 11.3 Å². The third-order valence-electron chi connectivity index (χ3n) is 3.39. The monoisotopic (exact) mass is 179 g/mol. The molecule has 0 radical (unpaired) electrons. The van der Waals surface area contributed by atoms with E-state index in [9.17, 15) is 0 Å². The largest absolute Gasteiger partial charge is 0.330 e. The van der Waals surface area contributed by atoms with Gasteiger partial charge in [-0.05, 0) is 29.4 Å². The lowest BCUT2D eigenvalue weighted by Crippen LogP contribution is -2.05. The molecular formula is C10H17N3. The van der Waals surface area contributed by atoms with Crippen LogP contribution in [-0.4, -0.2) is 16.3 Å². The first-order chi connectivity index (χ1) is 6.07. The van der Waals surface area contributed by atoms with Crippen LogP contribution in [-0.2, 0) is 7.05 Å². The molecule has 0 bridgehead atoms. The summed E-state index contributed by atoms with van der Waals surface area (Å²) in [6.07, 6.45) is 4.06. The molecule has 1 aliphatic rings. The van der Waals surface area contributed by atoms with Gasteiger partial charge in [0.2, 0.25) is 0 Å². The quantitative estimate of drug-likeness (QED) is 0.739. The summed E-state index contributed by atoms with van der Waals surface area (Å²) in [6, 6.07) is 0. The van der Waals surface area contributed by atoms with E-state index in [1.165, 1.54) is 5.56 Å². The van der Waals surface area contributed by atoms with Crippen LogP contribution in [0.5, 0.6) is 0 Å². The highest BCUT2D eigenvalue weighted by molar-refractivity contribution is 5.28. The van der Waals surface area contributed by atoms with Gasteiger partial charge in [-0.1, -0.05) is 13.8 Å². The van der Waals surface area contributed by atoms with E-state index in [-0.39, 0.29) is 0 Å². The molecule has 13 heavy (non-hydrogen) atoms. The molecule has 0 spiro atoms. The highest BCUT2D eigenvalue weighted by atomic mass is 15.2.